The second-order valence-corrected chi connectivity index (χ2v) is 11.8. The molecule has 1 N–H and O–H groups in total. The Balaban J connectivity index is 2.18. The zero-order valence-electron chi connectivity index (χ0n) is 24.5. The van der Waals surface area contributed by atoms with E-state index in [-0.39, 0.29) is 33.6 Å². The molecule has 0 aliphatic rings. The molecule has 0 fully saturated rings. The predicted octanol–water partition coefficient (Wildman–Crippen LogP) is 4.39. The van der Waals surface area contributed by atoms with Crippen LogP contribution in [0.1, 0.15) is 12.5 Å². The summed E-state index contributed by atoms with van der Waals surface area (Å²) in [5.74, 6) is -0.176. The Hall–Kier alpha value is -3.87. The number of sulfonamides is 1. The van der Waals surface area contributed by atoms with Crippen molar-refractivity contribution in [1.29, 1.82) is 0 Å². The molecule has 0 radical (unpaired) electrons. The number of rotatable bonds is 13. The molecular formula is C29H33Cl2N3O8S. The van der Waals surface area contributed by atoms with Crippen molar-refractivity contribution in [3.8, 4) is 23.0 Å². The summed E-state index contributed by atoms with van der Waals surface area (Å²) in [5, 5.41) is 3.11. The molecule has 1 atom stereocenters. The van der Waals surface area contributed by atoms with E-state index in [1.807, 2.05) is 0 Å². The maximum Gasteiger partial charge on any atom is 0.265 e. The molecule has 3 aromatic carbocycles. The van der Waals surface area contributed by atoms with Crippen LogP contribution in [0.15, 0.2) is 59.5 Å². The van der Waals surface area contributed by atoms with Gasteiger partial charge in [-0.3, -0.25) is 13.9 Å². The van der Waals surface area contributed by atoms with Crippen molar-refractivity contribution in [3.63, 3.8) is 0 Å². The first-order valence-electron chi connectivity index (χ1n) is 12.8. The van der Waals surface area contributed by atoms with Gasteiger partial charge in [0.25, 0.3) is 10.0 Å². The molecule has 11 nitrogen and oxygen atoms in total. The molecule has 0 spiro atoms. The van der Waals surface area contributed by atoms with Crippen molar-refractivity contribution in [2.45, 2.75) is 24.4 Å². The van der Waals surface area contributed by atoms with Crippen LogP contribution in [-0.4, -0.2) is 73.2 Å². The Morgan fingerprint density at radius 1 is 0.837 bits per heavy atom. The normalized spacial score (nSPS) is 11.7. The Morgan fingerprint density at radius 3 is 2.07 bits per heavy atom. The molecular weight excluding hydrogens is 621 g/mol. The molecule has 0 heterocycles. The van der Waals surface area contributed by atoms with E-state index in [4.69, 9.17) is 42.1 Å². The zero-order chi connectivity index (χ0) is 31.9. The Bertz CT molecular complexity index is 1590. The van der Waals surface area contributed by atoms with Crippen LogP contribution in [0.3, 0.4) is 0 Å². The van der Waals surface area contributed by atoms with Crippen molar-refractivity contribution in [2.75, 3.05) is 46.3 Å². The minimum atomic E-state index is -4.46. The lowest BCUT2D eigenvalue weighted by atomic mass is 10.1. The smallest absolute Gasteiger partial charge is 0.265 e. The fourth-order valence-corrected chi connectivity index (χ4v) is 5.99. The van der Waals surface area contributed by atoms with Crippen molar-refractivity contribution in [2.24, 2.45) is 0 Å². The summed E-state index contributed by atoms with van der Waals surface area (Å²) in [6.45, 7) is 0.764. The lowest BCUT2D eigenvalue weighted by Gasteiger charge is -2.32. The highest BCUT2D eigenvalue weighted by atomic mass is 35.5. The number of nitrogens with zero attached hydrogens (tertiary/aromatic N) is 2. The standard InChI is InChI=1S/C29H33Cl2N3O8S/c1-18(29(36)32-2)33(16-19-7-10-22(30)23(31)13-19)28(35)17-34(24-14-20(39-3)8-11-25(24)40-4)43(37,38)21-9-12-26(41-5)27(15-21)42-6/h7-15,18H,16-17H2,1-6H3,(H,32,36)/t18-/m0/s1. The van der Waals surface area contributed by atoms with E-state index in [0.717, 1.165) is 4.31 Å². The molecule has 3 rings (SSSR count). The van der Waals surface area contributed by atoms with E-state index < -0.39 is 34.4 Å². The highest BCUT2D eigenvalue weighted by Gasteiger charge is 2.34. The molecule has 232 valence electrons. The largest absolute Gasteiger partial charge is 0.497 e. The average Bonchev–Trinajstić information content (AvgIpc) is 3.02. The maximum absolute atomic E-state index is 14.3. The predicted molar refractivity (Wildman–Crippen MR) is 164 cm³/mol. The summed E-state index contributed by atoms with van der Waals surface area (Å²) >= 11 is 12.3. The van der Waals surface area contributed by atoms with Gasteiger partial charge in [0.05, 0.1) is 49.1 Å². The summed E-state index contributed by atoms with van der Waals surface area (Å²) in [7, 11) is 2.58. The number of anilines is 1. The summed E-state index contributed by atoms with van der Waals surface area (Å²) in [4.78, 5) is 27.8. The third-order valence-electron chi connectivity index (χ3n) is 6.63. The Morgan fingerprint density at radius 2 is 1.49 bits per heavy atom. The van der Waals surface area contributed by atoms with E-state index in [2.05, 4.69) is 5.32 Å². The van der Waals surface area contributed by atoms with Crippen molar-refractivity contribution < 1.29 is 37.0 Å². The van der Waals surface area contributed by atoms with Crippen LogP contribution in [0.5, 0.6) is 23.0 Å². The molecule has 3 aromatic rings. The van der Waals surface area contributed by atoms with Gasteiger partial charge in [0, 0.05) is 25.7 Å². The first-order chi connectivity index (χ1) is 20.4. The van der Waals surface area contributed by atoms with E-state index in [9.17, 15) is 18.0 Å². The van der Waals surface area contributed by atoms with Crippen molar-refractivity contribution in [1.82, 2.24) is 10.2 Å². The first-order valence-corrected chi connectivity index (χ1v) is 15.0. The molecule has 2 amide bonds. The highest BCUT2D eigenvalue weighted by Crippen LogP contribution is 2.38. The van der Waals surface area contributed by atoms with Crippen LogP contribution >= 0.6 is 23.2 Å². The van der Waals surface area contributed by atoms with Crippen LogP contribution in [0.4, 0.5) is 5.69 Å². The van der Waals surface area contributed by atoms with Gasteiger partial charge in [-0.05, 0) is 48.9 Å². The molecule has 0 bridgehead atoms. The number of methoxy groups -OCH3 is 4. The van der Waals surface area contributed by atoms with Gasteiger partial charge in [-0.25, -0.2) is 8.42 Å². The summed E-state index contributed by atoms with van der Waals surface area (Å²) < 4.78 is 50.9. The zero-order valence-corrected chi connectivity index (χ0v) is 26.8. The van der Waals surface area contributed by atoms with Crippen molar-refractivity contribution in [3.05, 3.63) is 70.2 Å². The van der Waals surface area contributed by atoms with Crippen molar-refractivity contribution >= 4 is 50.7 Å². The fraction of sp³-hybridized carbons (Fsp3) is 0.310. The molecule has 0 unspecified atom stereocenters. The molecule has 0 saturated carbocycles. The summed E-state index contributed by atoms with van der Waals surface area (Å²) in [6, 6.07) is 12.4. The first kappa shape index (κ1) is 33.6. The highest BCUT2D eigenvalue weighted by molar-refractivity contribution is 7.92. The number of hydrogen-bond acceptors (Lipinski definition) is 8. The van der Waals surface area contributed by atoms with E-state index in [1.165, 1.54) is 77.6 Å². The number of hydrogen-bond donors (Lipinski definition) is 1. The molecule has 0 aliphatic heterocycles. The van der Waals surface area contributed by atoms with Crippen LogP contribution in [0.2, 0.25) is 10.0 Å². The molecule has 0 aromatic heterocycles. The van der Waals surface area contributed by atoms with E-state index >= 15 is 0 Å². The van der Waals surface area contributed by atoms with Gasteiger partial charge in [-0.15, -0.1) is 0 Å². The molecule has 43 heavy (non-hydrogen) atoms. The number of ether oxygens (including phenoxy) is 4. The van der Waals surface area contributed by atoms with Crippen LogP contribution in [0.25, 0.3) is 0 Å². The molecule has 14 heteroatoms. The SMILES string of the molecule is CNC(=O)[C@H](C)N(Cc1ccc(Cl)c(Cl)c1)C(=O)CN(c1cc(OC)ccc1OC)S(=O)(=O)c1ccc(OC)c(OC)c1. The topological polar surface area (TPSA) is 124 Å². The van der Waals surface area contributed by atoms with Gasteiger partial charge >= 0.3 is 0 Å². The lowest BCUT2D eigenvalue weighted by Crippen LogP contribution is -2.50. The number of halogens is 2. The summed E-state index contributed by atoms with van der Waals surface area (Å²) in [6.07, 6.45) is 0. The number of carbonyl (C=O) groups excluding carboxylic acids is 2. The number of likely N-dealkylation sites (N-methyl/N-ethyl adjacent to an activating group) is 1. The quantitative estimate of drug-likeness (QED) is 0.288. The van der Waals surface area contributed by atoms with Crippen LogP contribution in [-0.2, 0) is 26.2 Å². The Labute approximate surface area is 261 Å². The van der Waals surface area contributed by atoms with Gasteiger partial charge in [0.15, 0.2) is 11.5 Å². The number of nitrogens with one attached hydrogen (secondary N) is 1. The summed E-state index contributed by atoms with van der Waals surface area (Å²) in [5.41, 5.74) is 0.610. The van der Waals surface area contributed by atoms with Crippen LogP contribution in [0, 0.1) is 0 Å². The minimum absolute atomic E-state index is 0.0343. The molecule has 0 aliphatic carbocycles. The van der Waals surface area contributed by atoms with Gasteiger partial charge in [-0.2, -0.15) is 0 Å². The number of carbonyl (C=O) groups is 2. The van der Waals surface area contributed by atoms with E-state index in [0.29, 0.717) is 22.1 Å². The monoisotopic (exact) mass is 653 g/mol. The maximum atomic E-state index is 14.3. The molecule has 0 saturated heterocycles. The van der Waals surface area contributed by atoms with Crippen LogP contribution < -0.4 is 28.6 Å². The fourth-order valence-electron chi connectivity index (χ4n) is 4.24. The third kappa shape index (κ3) is 7.56. The second-order valence-electron chi connectivity index (χ2n) is 9.13. The van der Waals surface area contributed by atoms with Gasteiger partial charge in [0.2, 0.25) is 11.8 Å². The third-order valence-corrected chi connectivity index (χ3v) is 9.12. The number of amides is 2. The minimum Gasteiger partial charge on any atom is -0.497 e. The van der Waals surface area contributed by atoms with Gasteiger partial charge in [0.1, 0.15) is 24.1 Å². The second kappa shape index (κ2) is 14.5. The average molecular weight is 655 g/mol. The lowest BCUT2D eigenvalue weighted by molar-refractivity contribution is -0.139. The van der Waals surface area contributed by atoms with Gasteiger partial charge < -0.3 is 29.2 Å². The van der Waals surface area contributed by atoms with E-state index in [1.54, 1.807) is 24.3 Å². The Kier molecular flexibility index (Phi) is 11.4. The van der Waals surface area contributed by atoms with Gasteiger partial charge in [-0.1, -0.05) is 29.3 Å². The number of benzene rings is 3.